The fourth-order valence-electron chi connectivity index (χ4n) is 7.23. The number of hydrogen-bond donors (Lipinski definition) is 0. The van der Waals surface area contributed by atoms with Crippen molar-refractivity contribution in [2.45, 2.75) is 94.7 Å². The zero-order valence-corrected chi connectivity index (χ0v) is 22.3. The molecule has 0 N–H and O–H groups in total. The Bertz CT molecular complexity index is 1360. The first-order chi connectivity index (χ1) is 18.5. The Morgan fingerprint density at radius 3 is 2.82 bits per heavy atom. The molecule has 7 rings (SSSR count). The van der Waals surface area contributed by atoms with Crippen LogP contribution in [0.5, 0.6) is 5.88 Å². The second-order valence-electron chi connectivity index (χ2n) is 11.6. The Morgan fingerprint density at radius 2 is 2.03 bits per heavy atom. The molecule has 0 radical (unpaired) electrons. The Hall–Kier alpha value is -2.85. The smallest absolute Gasteiger partial charge is 0.228 e. The van der Waals surface area contributed by atoms with E-state index in [0.29, 0.717) is 48.9 Å². The van der Waals surface area contributed by atoms with Gasteiger partial charge in [-0.1, -0.05) is 11.6 Å². The summed E-state index contributed by atoms with van der Waals surface area (Å²) in [7, 11) is 2.15. The van der Waals surface area contributed by atoms with Gasteiger partial charge in [0.05, 0.1) is 24.3 Å². The predicted molar refractivity (Wildman–Crippen MR) is 139 cm³/mol. The molecule has 202 valence electrons. The van der Waals surface area contributed by atoms with Gasteiger partial charge in [0.25, 0.3) is 0 Å². The van der Waals surface area contributed by atoms with Crippen LogP contribution in [-0.4, -0.2) is 74.5 Å². The van der Waals surface area contributed by atoms with Crippen molar-refractivity contribution in [2.75, 3.05) is 26.8 Å². The highest BCUT2D eigenvalue weighted by Gasteiger charge is 2.48. The molecule has 38 heavy (non-hydrogen) atoms. The van der Waals surface area contributed by atoms with E-state index in [1.54, 1.807) is 0 Å². The quantitative estimate of drug-likeness (QED) is 0.493. The number of ether oxygens (including phenoxy) is 2. The number of likely N-dealkylation sites (tertiary alicyclic amines) is 1. The van der Waals surface area contributed by atoms with E-state index >= 15 is 0 Å². The van der Waals surface area contributed by atoms with Gasteiger partial charge in [-0.2, -0.15) is 10.1 Å². The van der Waals surface area contributed by atoms with Gasteiger partial charge in [0.1, 0.15) is 17.3 Å². The second kappa shape index (κ2) is 9.41. The zero-order chi connectivity index (χ0) is 25.9. The molecule has 3 aromatic rings. The molecule has 4 aliphatic rings. The first-order valence-corrected chi connectivity index (χ1v) is 14.3. The third-order valence-electron chi connectivity index (χ3n) is 9.34. The van der Waals surface area contributed by atoms with Gasteiger partial charge in [0.2, 0.25) is 5.88 Å². The number of carbonyl (C=O) groups is 1. The summed E-state index contributed by atoms with van der Waals surface area (Å²) in [4.78, 5) is 25.5. The van der Waals surface area contributed by atoms with E-state index in [4.69, 9.17) is 29.1 Å². The van der Waals surface area contributed by atoms with E-state index in [-0.39, 0.29) is 12.1 Å². The van der Waals surface area contributed by atoms with Gasteiger partial charge in [-0.25, -0.2) is 9.67 Å². The standard InChI is InChI=1S/C28H36N6O4/c1-17(21-8-6-13-33(21)2)37-27-20-15-29-34(18-10-14-36-16-18)26(20)30-25(31-27)23-19-7-5-12-28(24(19)38-32-23)11-4-3-9-22(28)35/h15,17-18,21H,3-14,16H2,1-2H3/t17-,18?,21-,28+/m0/s1. The number of fused-ring (bicyclic) bond motifs is 3. The van der Waals surface area contributed by atoms with E-state index < -0.39 is 5.41 Å². The van der Waals surface area contributed by atoms with E-state index in [1.165, 1.54) is 6.42 Å². The molecule has 2 saturated heterocycles. The fourth-order valence-corrected chi connectivity index (χ4v) is 7.23. The number of ketones is 1. The van der Waals surface area contributed by atoms with Gasteiger partial charge >= 0.3 is 0 Å². The largest absolute Gasteiger partial charge is 0.472 e. The lowest BCUT2D eigenvalue weighted by atomic mass is 9.64. The van der Waals surface area contributed by atoms with Crippen LogP contribution in [0.4, 0.5) is 0 Å². The number of carbonyl (C=O) groups excluding carboxylic acids is 1. The molecule has 1 spiro atoms. The first-order valence-electron chi connectivity index (χ1n) is 14.3. The van der Waals surface area contributed by atoms with Gasteiger partial charge in [-0.05, 0) is 71.9 Å². The van der Waals surface area contributed by atoms with Crippen molar-refractivity contribution in [3.63, 3.8) is 0 Å². The second-order valence-corrected chi connectivity index (χ2v) is 11.6. The minimum absolute atomic E-state index is 0.0408. The van der Waals surface area contributed by atoms with Crippen LogP contribution in [0.1, 0.15) is 82.1 Å². The lowest BCUT2D eigenvalue weighted by molar-refractivity contribution is -0.128. The van der Waals surface area contributed by atoms with Crippen molar-refractivity contribution in [1.82, 2.24) is 29.8 Å². The third kappa shape index (κ3) is 3.78. The summed E-state index contributed by atoms with van der Waals surface area (Å²) in [6.45, 7) is 4.52. The predicted octanol–water partition coefficient (Wildman–Crippen LogP) is 4.02. The van der Waals surface area contributed by atoms with E-state index in [2.05, 4.69) is 24.0 Å². The molecule has 0 aromatic carbocycles. The summed E-state index contributed by atoms with van der Waals surface area (Å²) in [5.74, 6) is 2.04. The van der Waals surface area contributed by atoms with Gasteiger partial charge in [0, 0.05) is 24.6 Å². The van der Waals surface area contributed by atoms with Crippen LogP contribution in [0.15, 0.2) is 10.7 Å². The van der Waals surface area contributed by atoms with Crippen molar-refractivity contribution in [1.29, 1.82) is 0 Å². The molecular formula is C28H36N6O4. The van der Waals surface area contributed by atoms with Crippen molar-refractivity contribution >= 4 is 16.8 Å². The van der Waals surface area contributed by atoms with Crippen LogP contribution in [0.3, 0.4) is 0 Å². The van der Waals surface area contributed by atoms with Crippen molar-refractivity contribution in [3.05, 3.63) is 17.5 Å². The lowest BCUT2D eigenvalue weighted by Crippen LogP contribution is -2.41. The van der Waals surface area contributed by atoms with Crippen LogP contribution in [-0.2, 0) is 21.4 Å². The third-order valence-corrected chi connectivity index (χ3v) is 9.34. The molecule has 3 aromatic heterocycles. The SMILES string of the molecule is C[C@H](Oc1nc(-c2noc3c2CCC[C@@]32CCCCC2=O)nc2c1cnn2C1CCOC1)[C@@H]1CCCN1C. The van der Waals surface area contributed by atoms with Crippen LogP contribution in [0.2, 0.25) is 0 Å². The molecular weight excluding hydrogens is 484 g/mol. The summed E-state index contributed by atoms with van der Waals surface area (Å²) < 4.78 is 20.2. The molecule has 1 unspecified atom stereocenters. The Labute approximate surface area is 222 Å². The summed E-state index contributed by atoms with van der Waals surface area (Å²) >= 11 is 0. The molecule has 10 heteroatoms. The average molecular weight is 521 g/mol. The number of hydrogen-bond acceptors (Lipinski definition) is 9. The lowest BCUT2D eigenvalue weighted by Gasteiger charge is -2.36. The highest BCUT2D eigenvalue weighted by molar-refractivity contribution is 5.91. The number of aromatic nitrogens is 5. The maximum Gasteiger partial charge on any atom is 0.228 e. The Morgan fingerprint density at radius 1 is 1.13 bits per heavy atom. The molecule has 2 aliphatic heterocycles. The number of nitrogens with zero attached hydrogens (tertiary/aromatic N) is 6. The van der Waals surface area contributed by atoms with Crippen molar-refractivity contribution < 1.29 is 18.8 Å². The summed E-state index contributed by atoms with van der Waals surface area (Å²) in [6, 6.07) is 0.453. The zero-order valence-electron chi connectivity index (χ0n) is 22.3. The van der Waals surface area contributed by atoms with Gasteiger partial charge in [0.15, 0.2) is 22.9 Å². The van der Waals surface area contributed by atoms with E-state index in [9.17, 15) is 4.79 Å². The van der Waals surface area contributed by atoms with Gasteiger partial charge < -0.3 is 14.0 Å². The first kappa shape index (κ1) is 24.2. The maximum absolute atomic E-state index is 13.2. The Balaban J connectivity index is 1.33. The normalized spacial score (nSPS) is 28.8. The highest BCUT2D eigenvalue weighted by Crippen LogP contribution is 2.47. The molecule has 0 bridgehead atoms. The Kier molecular flexibility index (Phi) is 6.00. The molecule has 10 nitrogen and oxygen atoms in total. The highest BCUT2D eigenvalue weighted by atomic mass is 16.5. The molecule has 0 amide bonds. The molecule has 2 aliphatic carbocycles. The number of Topliss-reactive ketones (excluding diaryl/α,β-unsaturated/α-hetero) is 1. The number of rotatable bonds is 5. The average Bonchev–Trinajstić information content (AvgIpc) is 3.72. The van der Waals surface area contributed by atoms with Crippen molar-refractivity contribution in [2.24, 2.45) is 0 Å². The fraction of sp³-hybridized carbons (Fsp3) is 0.679. The minimum Gasteiger partial charge on any atom is -0.472 e. The molecule has 1 saturated carbocycles. The van der Waals surface area contributed by atoms with Crippen LogP contribution < -0.4 is 4.74 Å². The van der Waals surface area contributed by atoms with Gasteiger partial charge in [-0.3, -0.25) is 9.69 Å². The number of likely N-dealkylation sites (N-methyl/N-ethyl adjacent to an activating group) is 1. The monoisotopic (exact) mass is 520 g/mol. The minimum atomic E-state index is -0.537. The van der Waals surface area contributed by atoms with Crippen LogP contribution >= 0.6 is 0 Å². The van der Waals surface area contributed by atoms with Gasteiger partial charge in [-0.15, -0.1) is 0 Å². The van der Waals surface area contributed by atoms with E-state index in [0.717, 1.165) is 80.3 Å². The topological polar surface area (TPSA) is 108 Å². The summed E-state index contributed by atoms with van der Waals surface area (Å²) in [5, 5.41) is 10.0. The molecule has 5 heterocycles. The van der Waals surface area contributed by atoms with E-state index in [1.807, 2.05) is 10.9 Å². The summed E-state index contributed by atoms with van der Waals surface area (Å²) in [5.41, 5.74) is 1.80. The molecule has 4 atom stereocenters. The maximum atomic E-state index is 13.2. The van der Waals surface area contributed by atoms with Crippen molar-refractivity contribution in [3.8, 4) is 17.4 Å². The summed E-state index contributed by atoms with van der Waals surface area (Å²) in [6.07, 6.45) is 11.0. The molecule has 3 fully saturated rings. The van der Waals surface area contributed by atoms with Crippen LogP contribution in [0.25, 0.3) is 22.6 Å². The van der Waals surface area contributed by atoms with Crippen LogP contribution in [0, 0.1) is 0 Å².